The van der Waals surface area contributed by atoms with Crippen LogP contribution in [0, 0.1) is 5.92 Å². The van der Waals surface area contributed by atoms with Gasteiger partial charge in [-0.1, -0.05) is 19.3 Å². The number of rotatable bonds is 3. The zero-order valence-corrected chi connectivity index (χ0v) is 11.4. The minimum atomic E-state index is -0.0666. The van der Waals surface area contributed by atoms with Crippen molar-refractivity contribution in [1.29, 1.82) is 0 Å². The Morgan fingerprint density at radius 3 is 2.76 bits per heavy atom. The first-order chi connectivity index (χ1) is 8.25. The zero-order chi connectivity index (χ0) is 12.1. The normalized spacial score (nSPS) is 16.8. The summed E-state index contributed by atoms with van der Waals surface area (Å²) in [5, 5.41) is 2.97. The van der Waals surface area contributed by atoms with E-state index in [1.165, 1.54) is 32.1 Å². The van der Waals surface area contributed by atoms with Crippen molar-refractivity contribution >= 4 is 21.8 Å². The number of carbonyl (C=O) groups excluding carboxylic acids is 1. The van der Waals surface area contributed by atoms with E-state index in [9.17, 15) is 4.79 Å². The smallest absolute Gasteiger partial charge is 0.269 e. The standard InChI is InChI=1S/C13H17BrN2O/c14-11-6-7-12(15-9-11)13(17)16-8-10-4-2-1-3-5-10/h6-7,9-10H,1-5,8H2,(H,16,17). The maximum Gasteiger partial charge on any atom is 0.269 e. The molecule has 0 bridgehead atoms. The molecule has 1 aromatic heterocycles. The van der Waals surface area contributed by atoms with Crippen LogP contribution in [0.3, 0.4) is 0 Å². The molecule has 0 spiro atoms. The van der Waals surface area contributed by atoms with Gasteiger partial charge in [0, 0.05) is 17.2 Å². The first-order valence-electron chi connectivity index (χ1n) is 6.15. The van der Waals surface area contributed by atoms with Gasteiger partial charge in [-0.15, -0.1) is 0 Å². The Morgan fingerprint density at radius 1 is 1.35 bits per heavy atom. The third-order valence-corrected chi connectivity index (χ3v) is 3.71. The van der Waals surface area contributed by atoms with Crippen LogP contribution in [0.2, 0.25) is 0 Å². The van der Waals surface area contributed by atoms with Gasteiger partial charge in [0.25, 0.3) is 5.91 Å². The second-order valence-corrected chi connectivity index (χ2v) is 5.49. The van der Waals surface area contributed by atoms with Gasteiger partial charge in [-0.2, -0.15) is 0 Å². The van der Waals surface area contributed by atoms with E-state index in [2.05, 4.69) is 26.2 Å². The predicted molar refractivity (Wildman–Crippen MR) is 70.8 cm³/mol. The average molecular weight is 297 g/mol. The van der Waals surface area contributed by atoms with Crippen molar-refractivity contribution in [3.63, 3.8) is 0 Å². The number of nitrogens with one attached hydrogen (secondary N) is 1. The molecule has 4 heteroatoms. The molecule has 1 saturated carbocycles. The summed E-state index contributed by atoms with van der Waals surface area (Å²) in [6.45, 7) is 0.788. The Balaban J connectivity index is 1.82. The maximum absolute atomic E-state index is 11.8. The van der Waals surface area contributed by atoms with Gasteiger partial charge in [0.1, 0.15) is 5.69 Å². The fourth-order valence-electron chi connectivity index (χ4n) is 2.23. The quantitative estimate of drug-likeness (QED) is 0.931. The number of aromatic nitrogens is 1. The van der Waals surface area contributed by atoms with Crippen LogP contribution in [0.25, 0.3) is 0 Å². The van der Waals surface area contributed by atoms with Crippen LogP contribution in [0.5, 0.6) is 0 Å². The van der Waals surface area contributed by atoms with Gasteiger partial charge in [-0.3, -0.25) is 4.79 Å². The lowest BCUT2D eigenvalue weighted by atomic mass is 9.89. The molecular weight excluding hydrogens is 280 g/mol. The highest BCUT2D eigenvalue weighted by Crippen LogP contribution is 2.22. The van der Waals surface area contributed by atoms with Crippen molar-refractivity contribution in [3.8, 4) is 0 Å². The van der Waals surface area contributed by atoms with Crippen molar-refractivity contribution in [3.05, 3.63) is 28.5 Å². The number of halogens is 1. The molecule has 92 valence electrons. The van der Waals surface area contributed by atoms with E-state index in [4.69, 9.17) is 0 Å². The van der Waals surface area contributed by atoms with Crippen LogP contribution in [0.15, 0.2) is 22.8 Å². The Kier molecular flexibility index (Phi) is 4.54. The fourth-order valence-corrected chi connectivity index (χ4v) is 2.46. The number of nitrogens with zero attached hydrogens (tertiary/aromatic N) is 1. The van der Waals surface area contributed by atoms with Gasteiger partial charge in [-0.25, -0.2) is 4.98 Å². The Morgan fingerprint density at radius 2 is 2.12 bits per heavy atom. The average Bonchev–Trinajstić information content (AvgIpc) is 2.38. The van der Waals surface area contributed by atoms with Gasteiger partial charge >= 0.3 is 0 Å². The van der Waals surface area contributed by atoms with Crippen LogP contribution in [0.4, 0.5) is 0 Å². The molecule has 1 N–H and O–H groups in total. The molecule has 0 atom stereocenters. The number of amides is 1. The highest BCUT2D eigenvalue weighted by atomic mass is 79.9. The lowest BCUT2D eigenvalue weighted by Crippen LogP contribution is -2.30. The second-order valence-electron chi connectivity index (χ2n) is 4.58. The van der Waals surface area contributed by atoms with E-state index < -0.39 is 0 Å². The summed E-state index contributed by atoms with van der Waals surface area (Å²) >= 11 is 3.30. The van der Waals surface area contributed by atoms with E-state index in [-0.39, 0.29) is 5.91 Å². The number of hydrogen-bond acceptors (Lipinski definition) is 2. The first-order valence-corrected chi connectivity index (χ1v) is 6.95. The molecule has 17 heavy (non-hydrogen) atoms. The molecular formula is C13H17BrN2O. The minimum absolute atomic E-state index is 0.0666. The summed E-state index contributed by atoms with van der Waals surface area (Å²) < 4.78 is 0.890. The molecule has 0 aliphatic heterocycles. The molecule has 0 unspecified atom stereocenters. The summed E-state index contributed by atoms with van der Waals surface area (Å²) in [5.41, 5.74) is 0.490. The number of hydrogen-bond donors (Lipinski definition) is 1. The Bertz CT molecular complexity index is 372. The second kappa shape index (κ2) is 6.15. The van der Waals surface area contributed by atoms with Crippen molar-refractivity contribution in [2.75, 3.05) is 6.54 Å². The van der Waals surface area contributed by atoms with Gasteiger partial charge in [-0.05, 0) is 46.8 Å². The zero-order valence-electron chi connectivity index (χ0n) is 9.79. The van der Waals surface area contributed by atoms with E-state index in [1.54, 1.807) is 12.3 Å². The maximum atomic E-state index is 11.8. The van der Waals surface area contributed by atoms with Crippen LogP contribution < -0.4 is 5.32 Å². The lowest BCUT2D eigenvalue weighted by molar-refractivity contribution is 0.0938. The summed E-state index contributed by atoms with van der Waals surface area (Å²) in [6, 6.07) is 3.57. The van der Waals surface area contributed by atoms with Gasteiger partial charge < -0.3 is 5.32 Å². The van der Waals surface area contributed by atoms with Gasteiger partial charge in [0.2, 0.25) is 0 Å². The number of carbonyl (C=O) groups is 1. The molecule has 1 aliphatic carbocycles. The van der Waals surface area contributed by atoms with E-state index in [0.29, 0.717) is 11.6 Å². The molecule has 0 radical (unpaired) electrons. The van der Waals surface area contributed by atoms with Crippen molar-refractivity contribution < 1.29 is 4.79 Å². The molecule has 1 heterocycles. The molecule has 1 amide bonds. The van der Waals surface area contributed by atoms with Crippen molar-refractivity contribution in [2.24, 2.45) is 5.92 Å². The Hall–Kier alpha value is -0.900. The molecule has 3 nitrogen and oxygen atoms in total. The van der Waals surface area contributed by atoms with Crippen LogP contribution in [0.1, 0.15) is 42.6 Å². The van der Waals surface area contributed by atoms with E-state index in [1.807, 2.05) is 6.07 Å². The fraction of sp³-hybridized carbons (Fsp3) is 0.538. The lowest BCUT2D eigenvalue weighted by Gasteiger charge is -2.21. The number of pyridine rings is 1. The first kappa shape index (κ1) is 12.6. The molecule has 0 saturated heterocycles. The van der Waals surface area contributed by atoms with E-state index >= 15 is 0 Å². The van der Waals surface area contributed by atoms with Crippen molar-refractivity contribution in [2.45, 2.75) is 32.1 Å². The molecule has 1 fully saturated rings. The Labute approximate surface area is 110 Å². The molecule has 0 aromatic carbocycles. The predicted octanol–water partition coefficient (Wildman–Crippen LogP) is 3.15. The SMILES string of the molecule is O=C(NCC1CCCCC1)c1ccc(Br)cn1. The minimum Gasteiger partial charge on any atom is -0.350 e. The summed E-state index contributed by atoms with van der Waals surface area (Å²) in [6.07, 6.45) is 8.09. The van der Waals surface area contributed by atoms with Crippen LogP contribution >= 0.6 is 15.9 Å². The highest BCUT2D eigenvalue weighted by Gasteiger charge is 2.15. The third-order valence-electron chi connectivity index (χ3n) is 3.24. The monoisotopic (exact) mass is 296 g/mol. The topological polar surface area (TPSA) is 42.0 Å². The van der Waals surface area contributed by atoms with Crippen LogP contribution in [-0.2, 0) is 0 Å². The van der Waals surface area contributed by atoms with Gasteiger partial charge in [0.15, 0.2) is 0 Å². The third kappa shape index (κ3) is 3.80. The summed E-state index contributed by atoms with van der Waals surface area (Å²) in [5.74, 6) is 0.589. The van der Waals surface area contributed by atoms with Crippen LogP contribution in [-0.4, -0.2) is 17.4 Å². The largest absolute Gasteiger partial charge is 0.350 e. The summed E-state index contributed by atoms with van der Waals surface area (Å²) in [4.78, 5) is 15.9. The molecule has 2 rings (SSSR count). The van der Waals surface area contributed by atoms with Crippen molar-refractivity contribution in [1.82, 2.24) is 10.3 Å². The van der Waals surface area contributed by atoms with Gasteiger partial charge in [0.05, 0.1) is 0 Å². The molecule has 1 aromatic rings. The molecule has 1 aliphatic rings. The summed E-state index contributed by atoms with van der Waals surface area (Å²) in [7, 11) is 0. The highest BCUT2D eigenvalue weighted by molar-refractivity contribution is 9.10. The van der Waals surface area contributed by atoms with E-state index in [0.717, 1.165) is 11.0 Å².